The van der Waals surface area contributed by atoms with Gasteiger partial charge >= 0.3 is 6.18 Å². The van der Waals surface area contributed by atoms with Crippen molar-refractivity contribution < 1.29 is 18.0 Å². The van der Waals surface area contributed by atoms with E-state index in [2.05, 4.69) is 5.43 Å². The number of carbonyl (C=O) groups is 1. The Morgan fingerprint density at radius 3 is 2.69 bits per heavy atom. The van der Waals surface area contributed by atoms with E-state index in [9.17, 15) is 18.0 Å². The minimum atomic E-state index is -4.33. The Balaban J connectivity index is 2.69. The second-order valence-corrected chi connectivity index (χ2v) is 2.87. The number of nitrogens with one attached hydrogen (secondary N) is 1. The van der Waals surface area contributed by atoms with Gasteiger partial charge in [0.05, 0.1) is 0 Å². The SMILES string of the molecule is CCNN1C(=O)CCC1C(F)(F)F. The van der Waals surface area contributed by atoms with Crippen molar-refractivity contribution >= 4 is 5.91 Å². The predicted molar refractivity (Wildman–Crippen MR) is 39.6 cm³/mol. The van der Waals surface area contributed by atoms with Crippen LogP contribution >= 0.6 is 0 Å². The Hall–Kier alpha value is -0.780. The summed E-state index contributed by atoms with van der Waals surface area (Å²) in [6.45, 7) is 1.97. The van der Waals surface area contributed by atoms with Gasteiger partial charge in [0.15, 0.2) is 0 Å². The van der Waals surface area contributed by atoms with Crippen LogP contribution in [0, 0.1) is 0 Å². The normalized spacial score (nSPS) is 24.2. The fraction of sp³-hybridized carbons (Fsp3) is 0.857. The summed E-state index contributed by atoms with van der Waals surface area (Å²) in [5.41, 5.74) is 2.41. The molecular formula is C7H11F3N2O. The first-order chi connectivity index (χ1) is 5.96. The molecule has 1 aliphatic heterocycles. The van der Waals surface area contributed by atoms with Crippen LogP contribution in [0.5, 0.6) is 0 Å². The van der Waals surface area contributed by atoms with E-state index < -0.39 is 18.1 Å². The molecule has 1 rings (SSSR count). The van der Waals surface area contributed by atoms with E-state index in [1.165, 1.54) is 0 Å². The average molecular weight is 196 g/mol. The molecule has 1 aliphatic rings. The fourth-order valence-corrected chi connectivity index (χ4v) is 1.36. The highest BCUT2D eigenvalue weighted by Gasteiger charge is 2.49. The maximum Gasteiger partial charge on any atom is 0.410 e. The molecule has 0 aliphatic carbocycles. The van der Waals surface area contributed by atoms with Crippen LogP contribution in [0.2, 0.25) is 0 Å². The number of hydrazine groups is 1. The predicted octanol–water partition coefficient (Wildman–Crippen LogP) is 1.06. The second-order valence-electron chi connectivity index (χ2n) is 2.87. The van der Waals surface area contributed by atoms with E-state index in [0.717, 1.165) is 0 Å². The molecule has 0 spiro atoms. The lowest BCUT2D eigenvalue weighted by Gasteiger charge is -2.26. The van der Waals surface area contributed by atoms with Gasteiger partial charge in [0.2, 0.25) is 5.91 Å². The van der Waals surface area contributed by atoms with Gasteiger partial charge in [0.25, 0.3) is 0 Å². The van der Waals surface area contributed by atoms with Gasteiger partial charge in [-0.1, -0.05) is 6.92 Å². The van der Waals surface area contributed by atoms with E-state index in [1.807, 2.05) is 0 Å². The molecule has 0 bridgehead atoms. The van der Waals surface area contributed by atoms with Crippen LogP contribution in [0.25, 0.3) is 0 Å². The Kier molecular flexibility index (Phi) is 2.80. The smallest absolute Gasteiger partial charge is 0.273 e. The van der Waals surface area contributed by atoms with Gasteiger partial charge < -0.3 is 0 Å². The highest BCUT2D eigenvalue weighted by Crippen LogP contribution is 2.31. The molecule has 13 heavy (non-hydrogen) atoms. The molecule has 0 aromatic heterocycles. The minimum absolute atomic E-state index is 0.0306. The van der Waals surface area contributed by atoms with Crippen molar-refractivity contribution in [2.75, 3.05) is 6.54 Å². The summed E-state index contributed by atoms with van der Waals surface area (Å²) < 4.78 is 36.8. The van der Waals surface area contributed by atoms with Gasteiger partial charge in [-0.2, -0.15) is 13.2 Å². The zero-order valence-corrected chi connectivity index (χ0v) is 7.19. The number of hydrogen-bond acceptors (Lipinski definition) is 2. The molecule has 0 radical (unpaired) electrons. The highest BCUT2D eigenvalue weighted by molar-refractivity contribution is 5.78. The average Bonchev–Trinajstić information content (AvgIpc) is 2.32. The van der Waals surface area contributed by atoms with E-state index in [1.54, 1.807) is 6.92 Å². The number of amides is 1. The van der Waals surface area contributed by atoms with E-state index >= 15 is 0 Å². The largest absolute Gasteiger partial charge is 0.410 e. The molecule has 0 saturated carbocycles. The quantitative estimate of drug-likeness (QED) is 0.716. The third kappa shape index (κ3) is 2.12. The first kappa shape index (κ1) is 10.3. The highest BCUT2D eigenvalue weighted by atomic mass is 19.4. The lowest BCUT2D eigenvalue weighted by atomic mass is 10.2. The fourth-order valence-electron chi connectivity index (χ4n) is 1.36. The standard InChI is InChI=1S/C7H11F3N2O/c1-2-11-12-5(7(8,9)10)3-4-6(12)13/h5,11H,2-4H2,1H3. The molecule has 3 nitrogen and oxygen atoms in total. The van der Waals surface area contributed by atoms with E-state index in [4.69, 9.17) is 0 Å². The van der Waals surface area contributed by atoms with Gasteiger partial charge in [0.1, 0.15) is 6.04 Å². The first-order valence-corrected chi connectivity index (χ1v) is 4.09. The van der Waals surface area contributed by atoms with Crippen LogP contribution in [0.4, 0.5) is 13.2 Å². The maximum absolute atomic E-state index is 12.3. The van der Waals surface area contributed by atoms with Crippen LogP contribution in [-0.4, -0.2) is 29.7 Å². The molecule has 1 unspecified atom stereocenters. The summed E-state index contributed by atoms with van der Waals surface area (Å²) in [4.78, 5) is 11.0. The summed E-state index contributed by atoms with van der Waals surface area (Å²) in [6, 6.07) is -1.65. The minimum Gasteiger partial charge on any atom is -0.273 e. The molecule has 1 heterocycles. The summed E-state index contributed by atoms with van der Waals surface area (Å²) in [5.74, 6) is -0.482. The molecule has 0 aromatic carbocycles. The molecule has 1 fully saturated rings. The first-order valence-electron chi connectivity index (χ1n) is 4.09. The summed E-state index contributed by atoms with van der Waals surface area (Å²) in [7, 11) is 0. The van der Waals surface area contributed by atoms with Crippen LogP contribution in [-0.2, 0) is 4.79 Å². The molecule has 1 saturated heterocycles. The van der Waals surface area contributed by atoms with Crippen molar-refractivity contribution in [3.8, 4) is 0 Å². The Morgan fingerprint density at radius 2 is 2.23 bits per heavy atom. The van der Waals surface area contributed by atoms with Crippen molar-refractivity contribution in [1.82, 2.24) is 10.4 Å². The van der Waals surface area contributed by atoms with E-state index in [-0.39, 0.29) is 12.8 Å². The van der Waals surface area contributed by atoms with Gasteiger partial charge in [0, 0.05) is 13.0 Å². The van der Waals surface area contributed by atoms with Crippen LogP contribution in [0.15, 0.2) is 0 Å². The monoisotopic (exact) mass is 196 g/mol. The molecule has 6 heteroatoms. The number of halogens is 3. The van der Waals surface area contributed by atoms with Crippen LogP contribution < -0.4 is 5.43 Å². The summed E-state index contributed by atoms with van der Waals surface area (Å²) in [5, 5.41) is 0.694. The third-order valence-electron chi connectivity index (χ3n) is 1.92. The zero-order valence-electron chi connectivity index (χ0n) is 7.19. The third-order valence-corrected chi connectivity index (χ3v) is 1.92. The summed E-state index contributed by atoms with van der Waals surface area (Å²) >= 11 is 0. The Morgan fingerprint density at radius 1 is 1.62 bits per heavy atom. The van der Waals surface area contributed by atoms with Crippen molar-refractivity contribution in [3.63, 3.8) is 0 Å². The molecule has 76 valence electrons. The second kappa shape index (κ2) is 3.53. The summed E-state index contributed by atoms with van der Waals surface area (Å²) in [6.07, 6.45) is -4.50. The number of hydrogen-bond donors (Lipinski definition) is 1. The van der Waals surface area contributed by atoms with Crippen molar-refractivity contribution in [2.45, 2.75) is 32.0 Å². The molecular weight excluding hydrogens is 185 g/mol. The molecule has 1 N–H and O–H groups in total. The number of rotatable bonds is 2. The van der Waals surface area contributed by atoms with Gasteiger partial charge in [-0.15, -0.1) is 0 Å². The van der Waals surface area contributed by atoms with Crippen LogP contribution in [0.1, 0.15) is 19.8 Å². The van der Waals surface area contributed by atoms with Crippen LogP contribution in [0.3, 0.4) is 0 Å². The number of nitrogens with zero attached hydrogens (tertiary/aromatic N) is 1. The molecule has 1 atom stereocenters. The lowest BCUT2D eigenvalue weighted by Crippen LogP contribution is -2.50. The Labute approximate surface area is 73.9 Å². The molecule has 1 amide bonds. The van der Waals surface area contributed by atoms with Gasteiger partial charge in [-0.25, -0.2) is 5.43 Å². The van der Waals surface area contributed by atoms with Crippen molar-refractivity contribution in [2.24, 2.45) is 0 Å². The Bertz CT molecular complexity index is 204. The number of alkyl halides is 3. The lowest BCUT2D eigenvalue weighted by molar-refractivity contribution is -0.187. The van der Waals surface area contributed by atoms with Gasteiger partial charge in [-0.3, -0.25) is 9.80 Å². The topological polar surface area (TPSA) is 32.3 Å². The number of carbonyl (C=O) groups excluding carboxylic acids is 1. The zero-order chi connectivity index (χ0) is 10.1. The van der Waals surface area contributed by atoms with Gasteiger partial charge in [-0.05, 0) is 6.42 Å². The molecule has 0 aromatic rings. The van der Waals surface area contributed by atoms with Crippen molar-refractivity contribution in [3.05, 3.63) is 0 Å². The maximum atomic E-state index is 12.3. The van der Waals surface area contributed by atoms with E-state index in [0.29, 0.717) is 11.6 Å². The van der Waals surface area contributed by atoms with Crippen molar-refractivity contribution in [1.29, 1.82) is 0 Å².